The number of benzene rings is 1. The lowest BCUT2D eigenvalue weighted by Crippen LogP contribution is -2.20. The van der Waals surface area contributed by atoms with E-state index in [2.05, 4.69) is 9.47 Å². The van der Waals surface area contributed by atoms with Gasteiger partial charge < -0.3 is 15.2 Å². The number of carbonyl (C=O) groups excluding carboxylic acids is 2. The monoisotopic (exact) mass is 273 g/mol. The molecule has 0 radical (unpaired) electrons. The minimum atomic E-state index is -0.988. The van der Waals surface area contributed by atoms with Crippen molar-refractivity contribution in [3.8, 4) is 0 Å². The van der Waals surface area contributed by atoms with Gasteiger partial charge in [0.1, 0.15) is 0 Å². The topological polar surface area (TPSA) is 78.6 Å². The maximum absolute atomic E-state index is 11.3. The van der Waals surface area contributed by atoms with Gasteiger partial charge in [0.05, 0.1) is 13.0 Å². The van der Waals surface area contributed by atoms with Crippen LogP contribution in [0.15, 0.2) is 30.3 Å². The molecule has 1 atom stereocenters. The van der Waals surface area contributed by atoms with E-state index < -0.39 is 18.2 Å². The third kappa shape index (κ3) is 5.65. The van der Waals surface area contributed by atoms with Crippen LogP contribution in [-0.2, 0) is 14.3 Å². The van der Waals surface area contributed by atoms with Crippen LogP contribution in [0.1, 0.15) is 24.9 Å². The Balaban J connectivity index is 0.00000289. The van der Waals surface area contributed by atoms with Crippen molar-refractivity contribution in [2.75, 3.05) is 6.61 Å². The Bertz CT molecular complexity index is 383. The first-order valence-corrected chi connectivity index (χ1v) is 5.31. The molecular weight excluding hydrogens is 258 g/mol. The lowest BCUT2D eigenvalue weighted by molar-refractivity contribution is -0.140. The molecule has 1 aromatic rings. The Kier molecular flexibility index (Phi) is 7.74. The first-order valence-electron chi connectivity index (χ1n) is 5.31. The molecule has 0 aliphatic rings. The highest BCUT2D eigenvalue weighted by molar-refractivity contribution is 5.85. The molecule has 0 bridgehead atoms. The van der Waals surface area contributed by atoms with Gasteiger partial charge in [0, 0.05) is 6.04 Å². The number of hydrogen-bond donors (Lipinski definition) is 1. The summed E-state index contributed by atoms with van der Waals surface area (Å²) in [6.07, 6.45) is -1.05. The Morgan fingerprint density at radius 1 is 1.28 bits per heavy atom. The summed E-state index contributed by atoms with van der Waals surface area (Å²) in [6, 6.07) is 8.63. The van der Waals surface area contributed by atoms with Crippen LogP contribution in [0.25, 0.3) is 0 Å². The molecular formula is C12H16ClNO4. The van der Waals surface area contributed by atoms with Crippen LogP contribution in [0.5, 0.6) is 0 Å². The molecule has 6 heteroatoms. The summed E-state index contributed by atoms with van der Waals surface area (Å²) >= 11 is 0. The number of nitrogens with two attached hydrogens (primary N) is 1. The first-order chi connectivity index (χ1) is 8.13. The Labute approximate surface area is 112 Å². The third-order valence-corrected chi connectivity index (χ3v) is 2.07. The van der Waals surface area contributed by atoms with Gasteiger partial charge in [-0.05, 0) is 12.5 Å². The third-order valence-electron chi connectivity index (χ3n) is 2.07. The number of halogens is 1. The van der Waals surface area contributed by atoms with Crippen molar-refractivity contribution in [3.63, 3.8) is 0 Å². The zero-order valence-electron chi connectivity index (χ0n) is 10.00. The molecule has 0 saturated heterocycles. The largest absolute Gasteiger partial charge is 0.516 e. The summed E-state index contributed by atoms with van der Waals surface area (Å²) in [5.41, 5.74) is 6.61. The van der Waals surface area contributed by atoms with Crippen molar-refractivity contribution >= 4 is 24.5 Å². The van der Waals surface area contributed by atoms with Crippen molar-refractivity contribution < 1.29 is 19.1 Å². The summed E-state index contributed by atoms with van der Waals surface area (Å²) in [7, 11) is 0. The van der Waals surface area contributed by atoms with Gasteiger partial charge in [0.25, 0.3) is 0 Å². The fourth-order valence-electron chi connectivity index (χ4n) is 1.28. The number of carbonyl (C=O) groups is 2. The second kappa shape index (κ2) is 8.49. The number of rotatable bonds is 4. The van der Waals surface area contributed by atoms with Crippen LogP contribution in [0, 0.1) is 0 Å². The normalized spacial score (nSPS) is 11.0. The van der Waals surface area contributed by atoms with Crippen LogP contribution >= 0.6 is 12.4 Å². The second-order valence-corrected chi connectivity index (χ2v) is 3.38. The van der Waals surface area contributed by atoms with Gasteiger partial charge in [-0.1, -0.05) is 30.3 Å². The van der Waals surface area contributed by atoms with E-state index in [0.29, 0.717) is 0 Å². The quantitative estimate of drug-likeness (QED) is 0.672. The van der Waals surface area contributed by atoms with Crippen molar-refractivity contribution in [3.05, 3.63) is 35.9 Å². The first kappa shape index (κ1) is 16.4. The molecule has 0 heterocycles. The van der Waals surface area contributed by atoms with Gasteiger partial charge in [-0.3, -0.25) is 4.79 Å². The SMILES string of the molecule is CCOC(=O)OC(=O)CC(N)c1ccccc1.Cl. The Morgan fingerprint density at radius 3 is 2.44 bits per heavy atom. The lowest BCUT2D eigenvalue weighted by Gasteiger charge is -2.10. The average molecular weight is 274 g/mol. The van der Waals surface area contributed by atoms with E-state index in [9.17, 15) is 9.59 Å². The van der Waals surface area contributed by atoms with Gasteiger partial charge in [0.2, 0.25) is 0 Å². The Hall–Kier alpha value is -1.59. The summed E-state index contributed by atoms with van der Waals surface area (Å²) in [5, 5.41) is 0. The van der Waals surface area contributed by atoms with Crippen molar-refractivity contribution in [1.82, 2.24) is 0 Å². The van der Waals surface area contributed by atoms with Crippen LogP contribution in [0.4, 0.5) is 4.79 Å². The van der Waals surface area contributed by atoms with E-state index in [1.807, 2.05) is 30.3 Å². The number of hydrogen-bond acceptors (Lipinski definition) is 5. The molecule has 0 spiro atoms. The second-order valence-electron chi connectivity index (χ2n) is 3.38. The minimum absolute atomic E-state index is 0. The lowest BCUT2D eigenvalue weighted by atomic mass is 10.1. The van der Waals surface area contributed by atoms with Crippen LogP contribution in [-0.4, -0.2) is 18.7 Å². The summed E-state index contributed by atoms with van der Waals surface area (Å²) < 4.78 is 8.88. The van der Waals surface area contributed by atoms with Gasteiger partial charge in [-0.15, -0.1) is 12.4 Å². The number of esters is 1. The number of ether oxygens (including phenoxy) is 2. The van der Waals surface area contributed by atoms with E-state index in [1.54, 1.807) is 6.92 Å². The highest BCUT2D eigenvalue weighted by Crippen LogP contribution is 2.13. The highest BCUT2D eigenvalue weighted by Gasteiger charge is 2.16. The zero-order valence-corrected chi connectivity index (χ0v) is 10.8. The fourth-order valence-corrected chi connectivity index (χ4v) is 1.28. The molecule has 1 unspecified atom stereocenters. The highest BCUT2D eigenvalue weighted by atomic mass is 35.5. The molecule has 0 fully saturated rings. The molecule has 1 aromatic carbocycles. The van der Waals surface area contributed by atoms with Gasteiger partial charge >= 0.3 is 12.1 Å². The molecule has 0 saturated carbocycles. The van der Waals surface area contributed by atoms with Crippen LogP contribution < -0.4 is 5.73 Å². The van der Waals surface area contributed by atoms with E-state index in [-0.39, 0.29) is 25.4 Å². The van der Waals surface area contributed by atoms with Crippen molar-refractivity contribution in [2.24, 2.45) is 5.73 Å². The molecule has 18 heavy (non-hydrogen) atoms. The standard InChI is InChI=1S/C12H15NO4.ClH/c1-2-16-12(15)17-11(14)8-10(13)9-6-4-3-5-7-9;/h3-7,10H,2,8,13H2,1H3;1H. The smallest absolute Gasteiger partial charge is 0.434 e. The Morgan fingerprint density at radius 2 is 1.89 bits per heavy atom. The molecule has 2 N–H and O–H groups in total. The maximum atomic E-state index is 11.3. The predicted octanol–water partition coefficient (Wildman–Crippen LogP) is 2.20. The average Bonchev–Trinajstić information content (AvgIpc) is 2.30. The zero-order chi connectivity index (χ0) is 12.7. The molecule has 1 rings (SSSR count). The predicted molar refractivity (Wildman–Crippen MR) is 68.3 cm³/mol. The van der Waals surface area contributed by atoms with Crippen LogP contribution in [0.2, 0.25) is 0 Å². The van der Waals surface area contributed by atoms with Gasteiger partial charge in [0.15, 0.2) is 0 Å². The van der Waals surface area contributed by atoms with E-state index in [0.717, 1.165) is 5.56 Å². The molecule has 0 aromatic heterocycles. The van der Waals surface area contributed by atoms with E-state index in [1.165, 1.54) is 0 Å². The van der Waals surface area contributed by atoms with E-state index in [4.69, 9.17) is 5.73 Å². The van der Waals surface area contributed by atoms with Crippen LogP contribution in [0.3, 0.4) is 0 Å². The molecule has 0 aliphatic carbocycles. The fraction of sp³-hybridized carbons (Fsp3) is 0.333. The van der Waals surface area contributed by atoms with Gasteiger partial charge in [-0.2, -0.15) is 0 Å². The van der Waals surface area contributed by atoms with Crippen molar-refractivity contribution in [1.29, 1.82) is 0 Å². The van der Waals surface area contributed by atoms with Crippen molar-refractivity contribution in [2.45, 2.75) is 19.4 Å². The molecule has 5 nitrogen and oxygen atoms in total. The molecule has 0 amide bonds. The summed E-state index contributed by atoms with van der Waals surface area (Å²) in [4.78, 5) is 22.2. The van der Waals surface area contributed by atoms with E-state index >= 15 is 0 Å². The van der Waals surface area contributed by atoms with Gasteiger partial charge in [-0.25, -0.2) is 4.79 Å². The summed E-state index contributed by atoms with van der Waals surface area (Å²) in [5.74, 6) is -0.695. The minimum Gasteiger partial charge on any atom is -0.434 e. The molecule has 0 aliphatic heterocycles. The maximum Gasteiger partial charge on any atom is 0.516 e. The summed E-state index contributed by atoms with van der Waals surface area (Å²) in [6.45, 7) is 1.79. The molecule has 100 valence electrons.